The first-order chi connectivity index (χ1) is 7.77. The number of para-hydroxylation sites is 1. The molecule has 0 aliphatic carbocycles. The number of rotatable bonds is 7. The van der Waals surface area contributed by atoms with E-state index in [1.807, 2.05) is 13.0 Å². The van der Waals surface area contributed by atoms with E-state index in [4.69, 9.17) is 10.5 Å². The Morgan fingerprint density at radius 1 is 1.31 bits per heavy atom. The highest BCUT2D eigenvalue weighted by molar-refractivity contribution is 5.44. The number of nitrogens with two attached hydrogens (primary N) is 1. The first-order valence-corrected chi connectivity index (χ1v) is 5.85. The van der Waals surface area contributed by atoms with Crippen LogP contribution < -0.4 is 10.6 Å². The molecule has 1 rings (SSSR count). The van der Waals surface area contributed by atoms with E-state index in [1.165, 1.54) is 5.69 Å². The predicted molar refractivity (Wildman–Crippen MR) is 68.8 cm³/mol. The SMILES string of the molecule is CCOC(CN)CCN(C)c1ccccc1. The summed E-state index contributed by atoms with van der Waals surface area (Å²) < 4.78 is 5.53. The molecule has 90 valence electrons. The van der Waals surface area contributed by atoms with Gasteiger partial charge in [-0.2, -0.15) is 0 Å². The monoisotopic (exact) mass is 222 g/mol. The van der Waals surface area contributed by atoms with Crippen LogP contribution in [0, 0.1) is 0 Å². The van der Waals surface area contributed by atoms with E-state index >= 15 is 0 Å². The maximum absolute atomic E-state index is 5.64. The van der Waals surface area contributed by atoms with E-state index in [-0.39, 0.29) is 6.10 Å². The van der Waals surface area contributed by atoms with Gasteiger partial charge in [0.05, 0.1) is 6.10 Å². The van der Waals surface area contributed by atoms with Crippen molar-refractivity contribution in [1.82, 2.24) is 0 Å². The molecule has 3 nitrogen and oxygen atoms in total. The summed E-state index contributed by atoms with van der Waals surface area (Å²) in [6.07, 6.45) is 1.14. The van der Waals surface area contributed by atoms with Crippen LogP contribution in [-0.2, 0) is 4.74 Å². The molecule has 0 amide bonds. The molecule has 1 aromatic rings. The third-order valence-electron chi connectivity index (χ3n) is 2.65. The van der Waals surface area contributed by atoms with Crippen LogP contribution in [0.3, 0.4) is 0 Å². The average molecular weight is 222 g/mol. The van der Waals surface area contributed by atoms with Gasteiger partial charge in [0.1, 0.15) is 0 Å². The van der Waals surface area contributed by atoms with E-state index in [2.05, 4.69) is 36.2 Å². The lowest BCUT2D eigenvalue weighted by atomic mass is 10.2. The number of hydrogen-bond acceptors (Lipinski definition) is 3. The van der Waals surface area contributed by atoms with Crippen molar-refractivity contribution in [1.29, 1.82) is 0 Å². The summed E-state index contributed by atoms with van der Waals surface area (Å²) in [5, 5.41) is 0. The van der Waals surface area contributed by atoms with Crippen molar-refractivity contribution in [2.45, 2.75) is 19.4 Å². The molecule has 0 bridgehead atoms. The van der Waals surface area contributed by atoms with Crippen molar-refractivity contribution >= 4 is 5.69 Å². The second-order valence-electron chi connectivity index (χ2n) is 3.86. The van der Waals surface area contributed by atoms with Crippen LogP contribution >= 0.6 is 0 Å². The van der Waals surface area contributed by atoms with E-state index in [0.29, 0.717) is 6.54 Å². The first-order valence-electron chi connectivity index (χ1n) is 5.85. The summed E-state index contributed by atoms with van der Waals surface area (Å²) in [5.74, 6) is 0. The molecule has 1 aromatic carbocycles. The van der Waals surface area contributed by atoms with Gasteiger partial charge in [-0.15, -0.1) is 0 Å². The second kappa shape index (κ2) is 7.25. The fourth-order valence-electron chi connectivity index (χ4n) is 1.65. The number of nitrogens with zero attached hydrogens (tertiary/aromatic N) is 1. The summed E-state index contributed by atoms with van der Waals surface area (Å²) in [4.78, 5) is 2.22. The molecule has 0 heterocycles. The Labute approximate surface area is 98.2 Å². The Morgan fingerprint density at radius 2 is 2.00 bits per heavy atom. The Bertz CT molecular complexity index is 277. The lowest BCUT2D eigenvalue weighted by molar-refractivity contribution is 0.0646. The molecule has 0 aliphatic rings. The zero-order chi connectivity index (χ0) is 11.8. The second-order valence-corrected chi connectivity index (χ2v) is 3.86. The molecular formula is C13H22N2O. The Hall–Kier alpha value is -1.06. The van der Waals surface area contributed by atoms with Crippen molar-refractivity contribution in [3.63, 3.8) is 0 Å². The van der Waals surface area contributed by atoms with Crippen molar-refractivity contribution in [3.05, 3.63) is 30.3 Å². The van der Waals surface area contributed by atoms with Crippen LogP contribution in [0.1, 0.15) is 13.3 Å². The molecule has 0 aliphatic heterocycles. The van der Waals surface area contributed by atoms with Crippen LogP contribution in [0.4, 0.5) is 5.69 Å². The van der Waals surface area contributed by atoms with Gasteiger partial charge in [-0.25, -0.2) is 0 Å². The molecule has 2 N–H and O–H groups in total. The minimum atomic E-state index is 0.177. The number of ether oxygens (including phenoxy) is 1. The molecule has 16 heavy (non-hydrogen) atoms. The summed E-state index contributed by atoms with van der Waals surface area (Å²) >= 11 is 0. The molecule has 0 radical (unpaired) electrons. The first kappa shape index (κ1) is 13.0. The molecule has 0 aromatic heterocycles. The summed E-state index contributed by atoms with van der Waals surface area (Å²) in [7, 11) is 2.09. The maximum atomic E-state index is 5.64. The number of benzene rings is 1. The summed E-state index contributed by atoms with van der Waals surface area (Å²) in [5.41, 5.74) is 6.87. The van der Waals surface area contributed by atoms with Gasteiger partial charge in [0, 0.05) is 32.4 Å². The van der Waals surface area contributed by atoms with Crippen molar-refractivity contribution in [2.75, 3.05) is 31.6 Å². The van der Waals surface area contributed by atoms with Crippen LogP contribution in [0.5, 0.6) is 0 Å². The van der Waals surface area contributed by atoms with Crippen LogP contribution in [0.15, 0.2) is 30.3 Å². The molecule has 0 fully saturated rings. The van der Waals surface area contributed by atoms with Gasteiger partial charge in [-0.1, -0.05) is 18.2 Å². The zero-order valence-corrected chi connectivity index (χ0v) is 10.2. The minimum absolute atomic E-state index is 0.177. The van der Waals surface area contributed by atoms with Crippen LogP contribution in [0.2, 0.25) is 0 Å². The molecular weight excluding hydrogens is 200 g/mol. The largest absolute Gasteiger partial charge is 0.377 e. The Balaban J connectivity index is 2.37. The van der Waals surface area contributed by atoms with Gasteiger partial charge in [0.25, 0.3) is 0 Å². The van der Waals surface area contributed by atoms with Gasteiger partial charge in [-0.05, 0) is 25.5 Å². The molecule has 1 atom stereocenters. The highest BCUT2D eigenvalue weighted by Gasteiger charge is 2.07. The predicted octanol–water partition coefficient (Wildman–Crippen LogP) is 1.88. The molecule has 1 unspecified atom stereocenters. The standard InChI is InChI=1S/C13H22N2O/c1-3-16-13(11-14)9-10-15(2)12-7-5-4-6-8-12/h4-8,13H,3,9-11,14H2,1-2H3. The van der Waals surface area contributed by atoms with Crippen LogP contribution in [0.25, 0.3) is 0 Å². The molecule has 0 saturated heterocycles. The molecule has 0 spiro atoms. The fourth-order valence-corrected chi connectivity index (χ4v) is 1.65. The van der Waals surface area contributed by atoms with Crippen LogP contribution in [-0.4, -0.2) is 32.8 Å². The van der Waals surface area contributed by atoms with Crippen molar-refractivity contribution in [2.24, 2.45) is 5.73 Å². The third kappa shape index (κ3) is 4.21. The maximum Gasteiger partial charge on any atom is 0.0713 e. The summed E-state index contributed by atoms with van der Waals surface area (Å²) in [6.45, 7) is 4.29. The van der Waals surface area contributed by atoms with E-state index < -0.39 is 0 Å². The normalized spacial score (nSPS) is 12.4. The minimum Gasteiger partial charge on any atom is -0.377 e. The zero-order valence-electron chi connectivity index (χ0n) is 10.2. The van der Waals surface area contributed by atoms with E-state index in [9.17, 15) is 0 Å². The topological polar surface area (TPSA) is 38.5 Å². The van der Waals surface area contributed by atoms with Crippen molar-refractivity contribution in [3.8, 4) is 0 Å². The van der Waals surface area contributed by atoms with Gasteiger partial charge in [0.15, 0.2) is 0 Å². The van der Waals surface area contributed by atoms with Gasteiger partial charge >= 0.3 is 0 Å². The summed E-state index contributed by atoms with van der Waals surface area (Å²) in [6, 6.07) is 10.3. The Kier molecular flexibility index (Phi) is 5.90. The highest BCUT2D eigenvalue weighted by atomic mass is 16.5. The van der Waals surface area contributed by atoms with Gasteiger partial charge in [0.2, 0.25) is 0 Å². The fraction of sp³-hybridized carbons (Fsp3) is 0.538. The lowest BCUT2D eigenvalue weighted by Crippen LogP contribution is -2.29. The average Bonchev–Trinajstić information content (AvgIpc) is 2.35. The molecule has 0 saturated carbocycles. The quantitative estimate of drug-likeness (QED) is 0.765. The smallest absolute Gasteiger partial charge is 0.0713 e. The Morgan fingerprint density at radius 3 is 2.56 bits per heavy atom. The lowest BCUT2D eigenvalue weighted by Gasteiger charge is -2.22. The van der Waals surface area contributed by atoms with E-state index in [0.717, 1.165) is 19.6 Å². The van der Waals surface area contributed by atoms with Crippen molar-refractivity contribution < 1.29 is 4.74 Å². The van der Waals surface area contributed by atoms with Gasteiger partial charge < -0.3 is 15.4 Å². The number of anilines is 1. The highest BCUT2D eigenvalue weighted by Crippen LogP contribution is 2.12. The number of hydrogen-bond donors (Lipinski definition) is 1. The van der Waals surface area contributed by atoms with E-state index in [1.54, 1.807) is 0 Å². The van der Waals surface area contributed by atoms with Gasteiger partial charge in [-0.3, -0.25) is 0 Å². The molecule has 3 heteroatoms. The third-order valence-corrected chi connectivity index (χ3v) is 2.65.